The van der Waals surface area contributed by atoms with Crippen molar-refractivity contribution in [2.75, 3.05) is 98.9 Å². The molecule has 4 aromatic heterocycles. The fourth-order valence-corrected chi connectivity index (χ4v) is 8.95. The van der Waals surface area contributed by atoms with Crippen molar-refractivity contribution in [3.63, 3.8) is 0 Å². The summed E-state index contributed by atoms with van der Waals surface area (Å²) in [6.07, 6.45) is 7.34. The van der Waals surface area contributed by atoms with Crippen LogP contribution in [0, 0.1) is 20.8 Å². The molecule has 20 heteroatoms. The number of piperazine rings is 1. The first-order valence-electron chi connectivity index (χ1n) is 22.3. The van der Waals surface area contributed by atoms with E-state index in [2.05, 4.69) is 51.3 Å². The predicted octanol–water partition coefficient (Wildman–Crippen LogP) is 5.22. The summed E-state index contributed by atoms with van der Waals surface area (Å²) >= 11 is 1.39. The minimum absolute atomic E-state index is 0.00782. The van der Waals surface area contributed by atoms with E-state index in [1.165, 1.54) is 18.3 Å². The van der Waals surface area contributed by atoms with Crippen molar-refractivity contribution in [3.8, 4) is 0 Å². The van der Waals surface area contributed by atoms with Crippen molar-refractivity contribution in [2.24, 2.45) is 0 Å². The average Bonchev–Trinajstić information content (AvgIpc) is 3.94. The molecule has 2 fully saturated rings. The number of amides is 3. The highest BCUT2D eigenvalue weighted by Gasteiger charge is 2.26. The third kappa shape index (κ3) is 11.9. The maximum atomic E-state index is 13.6. The molecule has 0 atom stereocenters. The fraction of sp³-hybridized carbons (Fsp3) is 0.457. The molecule has 1 saturated heterocycles. The zero-order valence-corrected chi connectivity index (χ0v) is 38.9. The van der Waals surface area contributed by atoms with Crippen LogP contribution in [-0.4, -0.2) is 126 Å². The lowest BCUT2D eigenvalue weighted by Crippen LogP contribution is -2.49. The highest BCUT2D eigenvalue weighted by atomic mass is 32.1. The molecule has 1 aliphatic carbocycles. The number of ether oxygens (including phenoxy) is 2. The van der Waals surface area contributed by atoms with E-state index in [0.29, 0.717) is 77.6 Å². The molecule has 1 aromatic carbocycles. The molecule has 1 aliphatic heterocycles. The smallest absolute Gasteiger partial charge is 0.263 e. The monoisotopic (exact) mass is 922 g/mol. The number of benzene rings is 1. The number of ketones is 1. The van der Waals surface area contributed by atoms with Crippen molar-refractivity contribution in [1.29, 1.82) is 0 Å². The topological polar surface area (TPSA) is 227 Å². The second-order valence-corrected chi connectivity index (χ2v) is 17.6. The van der Waals surface area contributed by atoms with Gasteiger partial charge in [-0.1, -0.05) is 12.8 Å². The van der Waals surface area contributed by atoms with Gasteiger partial charge in [0, 0.05) is 68.0 Å². The number of pyridine rings is 2. The summed E-state index contributed by atoms with van der Waals surface area (Å²) < 4.78 is 12.9. The molecule has 5 heterocycles. The quantitative estimate of drug-likeness (QED) is 0.0498. The standard InChI is InChI=1S/C46H58N12O7S/c1-28-36-26-50-45(54-42(36)58(33-8-6-7-9-33)44(63)41(28)30(3)59)53-38-13-11-34(25-49-38)57-18-16-56(17-19-57)27-40(61)48-15-21-65-23-22-64-20-14-39(60)52-37-12-10-32(47-5)24-35(37)43(62)55-46-51-29(2)31(4)66-46/h10-13,24-26,33,47H,6-9,14-23,27H2,1-5H3,(H,48,61)(H,52,60)(H,51,55,62)(H,49,50,53,54). The number of nitrogens with zero attached hydrogens (tertiary/aromatic N) is 7. The lowest BCUT2D eigenvalue weighted by molar-refractivity contribution is -0.122. The molecular weight excluding hydrogens is 865 g/mol. The van der Waals surface area contributed by atoms with Gasteiger partial charge in [-0.2, -0.15) is 4.98 Å². The molecule has 3 amide bonds. The number of hydrogen-bond donors (Lipinski definition) is 5. The summed E-state index contributed by atoms with van der Waals surface area (Å²) in [5.41, 5.74) is 4.26. The van der Waals surface area contributed by atoms with E-state index in [1.54, 1.807) is 49.1 Å². The molecule has 0 unspecified atom stereocenters. The van der Waals surface area contributed by atoms with Crippen molar-refractivity contribution in [3.05, 3.63) is 80.3 Å². The van der Waals surface area contributed by atoms with Gasteiger partial charge in [-0.05, 0) is 76.4 Å². The highest BCUT2D eigenvalue weighted by molar-refractivity contribution is 7.15. The summed E-state index contributed by atoms with van der Waals surface area (Å²) in [4.78, 5) is 88.1. The van der Waals surface area contributed by atoms with Crippen LogP contribution < -0.4 is 37.0 Å². The number of carbonyl (C=O) groups is 4. The van der Waals surface area contributed by atoms with Crippen molar-refractivity contribution in [1.82, 2.24) is 34.7 Å². The summed E-state index contributed by atoms with van der Waals surface area (Å²) in [5.74, 6) is -0.131. The zero-order valence-electron chi connectivity index (χ0n) is 38.1. The molecule has 19 nitrogen and oxygen atoms in total. The third-order valence-electron chi connectivity index (χ3n) is 11.8. The minimum Gasteiger partial charge on any atom is -0.388 e. The Bertz CT molecular complexity index is 2580. The van der Waals surface area contributed by atoms with Gasteiger partial charge in [0.2, 0.25) is 17.8 Å². The van der Waals surface area contributed by atoms with Crippen LogP contribution in [0.15, 0.2) is 47.5 Å². The molecule has 2 aliphatic rings. The number of fused-ring (bicyclic) bond motifs is 1. The summed E-state index contributed by atoms with van der Waals surface area (Å²) in [6.45, 7) is 11.6. The molecular formula is C46H58N12O7S. The average molecular weight is 923 g/mol. The van der Waals surface area contributed by atoms with Gasteiger partial charge < -0.3 is 35.6 Å². The van der Waals surface area contributed by atoms with Crippen molar-refractivity contribution < 1.29 is 28.7 Å². The second kappa shape index (κ2) is 22.2. The van der Waals surface area contributed by atoms with E-state index < -0.39 is 0 Å². The SMILES string of the molecule is CNc1ccc(NC(=O)CCOCCOCCNC(=O)CN2CCN(c3ccc(Nc4ncc5c(C)c(C(C)=O)c(=O)n(C6CCCC6)c5n4)nc3)CC2)c(C(=O)Nc2nc(C)c(C)s2)c1. The number of hydrogen-bond acceptors (Lipinski definition) is 16. The zero-order chi connectivity index (χ0) is 46.7. The molecule has 5 aromatic rings. The van der Waals surface area contributed by atoms with Crippen LogP contribution in [0.1, 0.15) is 81.9 Å². The number of carbonyl (C=O) groups excluding carboxylic acids is 4. The van der Waals surface area contributed by atoms with Gasteiger partial charge in [0.15, 0.2) is 10.9 Å². The first-order chi connectivity index (χ1) is 31.9. The van der Waals surface area contributed by atoms with Crippen molar-refractivity contribution in [2.45, 2.75) is 65.8 Å². The van der Waals surface area contributed by atoms with E-state index in [4.69, 9.17) is 14.5 Å². The highest BCUT2D eigenvalue weighted by Crippen LogP contribution is 2.32. The number of thiazole rings is 1. The Balaban J connectivity index is 0.769. The number of aryl methyl sites for hydroxylation is 3. The number of nitrogens with one attached hydrogen (secondary N) is 5. The Labute approximate surface area is 387 Å². The summed E-state index contributed by atoms with van der Waals surface area (Å²) in [5, 5.41) is 15.9. The van der Waals surface area contributed by atoms with Gasteiger partial charge in [-0.3, -0.25) is 38.8 Å². The molecule has 0 bridgehead atoms. The van der Waals surface area contributed by atoms with E-state index in [1.807, 2.05) is 26.0 Å². The largest absolute Gasteiger partial charge is 0.388 e. The third-order valence-corrected chi connectivity index (χ3v) is 12.8. The van der Waals surface area contributed by atoms with E-state index in [9.17, 15) is 24.0 Å². The molecule has 0 spiro atoms. The van der Waals surface area contributed by atoms with Crippen LogP contribution in [0.3, 0.4) is 0 Å². The first-order valence-corrected chi connectivity index (χ1v) is 23.1. The van der Waals surface area contributed by atoms with Gasteiger partial charge in [-0.15, -0.1) is 11.3 Å². The van der Waals surface area contributed by atoms with Crippen LogP contribution in [0.25, 0.3) is 11.0 Å². The first kappa shape index (κ1) is 47.6. The van der Waals surface area contributed by atoms with E-state index in [0.717, 1.165) is 60.7 Å². The van der Waals surface area contributed by atoms with E-state index in [-0.39, 0.29) is 66.8 Å². The molecule has 350 valence electrons. The van der Waals surface area contributed by atoms with Crippen LogP contribution >= 0.6 is 11.3 Å². The van der Waals surface area contributed by atoms with Gasteiger partial charge in [0.1, 0.15) is 11.5 Å². The predicted molar refractivity (Wildman–Crippen MR) is 256 cm³/mol. The van der Waals surface area contributed by atoms with Gasteiger partial charge in [0.05, 0.1) is 73.8 Å². The van der Waals surface area contributed by atoms with Crippen LogP contribution in [0.4, 0.5) is 34.0 Å². The molecule has 7 rings (SSSR count). The Morgan fingerprint density at radius 1 is 0.864 bits per heavy atom. The van der Waals surface area contributed by atoms with Crippen LogP contribution in [-0.2, 0) is 19.1 Å². The minimum atomic E-state index is -0.376. The molecule has 1 saturated carbocycles. The Hall–Kier alpha value is -6.35. The van der Waals surface area contributed by atoms with Crippen LogP contribution in [0.2, 0.25) is 0 Å². The molecule has 66 heavy (non-hydrogen) atoms. The summed E-state index contributed by atoms with van der Waals surface area (Å²) in [7, 11) is 1.75. The number of Topliss-reactive ketones (excluding diaryl/α,β-unsaturated/α-hetero) is 1. The Morgan fingerprint density at radius 3 is 2.30 bits per heavy atom. The number of rotatable bonds is 20. The maximum absolute atomic E-state index is 13.6. The lowest BCUT2D eigenvalue weighted by atomic mass is 10.0. The van der Waals surface area contributed by atoms with Gasteiger partial charge in [-0.25, -0.2) is 15.0 Å². The van der Waals surface area contributed by atoms with Gasteiger partial charge >= 0.3 is 0 Å². The number of aromatic nitrogens is 5. The molecule has 5 N–H and O–H groups in total. The van der Waals surface area contributed by atoms with Crippen molar-refractivity contribution >= 4 is 79.8 Å². The lowest BCUT2D eigenvalue weighted by Gasteiger charge is -2.35. The van der Waals surface area contributed by atoms with Gasteiger partial charge in [0.25, 0.3) is 11.5 Å². The maximum Gasteiger partial charge on any atom is 0.263 e. The Morgan fingerprint density at radius 2 is 1.62 bits per heavy atom. The second-order valence-electron chi connectivity index (χ2n) is 16.4. The normalized spacial score (nSPS) is 14.3. The Kier molecular flexibility index (Phi) is 16.0. The fourth-order valence-electron chi connectivity index (χ4n) is 8.14. The molecule has 0 radical (unpaired) electrons. The van der Waals surface area contributed by atoms with E-state index >= 15 is 0 Å². The van der Waals surface area contributed by atoms with Crippen LogP contribution in [0.5, 0.6) is 0 Å². The number of anilines is 6. The summed E-state index contributed by atoms with van der Waals surface area (Å²) in [6, 6.07) is 8.97.